The van der Waals surface area contributed by atoms with Crippen molar-refractivity contribution in [2.24, 2.45) is 11.3 Å². The van der Waals surface area contributed by atoms with Crippen LogP contribution in [0.4, 0.5) is 0 Å². The summed E-state index contributed by atoms with van der Waals surface area (Å²) < 4.78 is 5.39. The molecule has 0 aromatic heterocycles. The van der Waals surface area contributed by atoms with Crippen LogP contribution in [0.3, 0.4) is 0 Å². The molecule has 0 amide bonds. The number of hydrogen-bond donors (Lipinski definition) is 0. The second kappa shape index (κ2) is 7.75. The van der Waals surface area contributed by atoms with Crippen LogP contribution >= 0.6 is 0 Å². The molecule has 3 rings (SSSR count). The summed E-state index contributed by atoms with van der Waals surface area (Å²) in [5, 5.41) is 10.3. The van der Waals surface area contributed by atoms with E-state index in [9.17, 15) is 14.9 Å². The summed E-state index contributed by atoms with van der Waals surface area (Å²) in [6.45, 7) is 3.73. The Kier molecular flexibility index (Phi) is 5.41. The van der Waals surface area contributed by atoms with Crippen molar-refractivity contribution in [3.63, 3.8) is 0 Å². The number of benzene rings is 2. The van der Waals surface area contributed by atoms with E-state index >= 15 is 0 Å². The standard InChI is InChI=1S/C23H23NO3/c1-3-27-22(26)23(15-24)19(17-10-6-4-7-11-17)14-20(25)16(2)21(23)18-12-8-5-9-13-18/h4-13,16,19,21H,3,14H2,1-2H3. The molecule has 0 aliphatic heterocycles. The van der Waals surface area contributed by atoms with Crippen molar-refractivity contribution in [2.45, 2.75) is 32.1 Å². The Bertz CT molecular complexity index is 856. The van der Waals surface area contributed by atoms with Gasteiger partial charge in [-0.05, 0) is 18.1 Å². The molecule has 1 aliphatic carbocycles. The molecule has 0 N–H and O–H groups in total. The quantitative estimate of drug-likeness (QED) is 0.764. The Balaban J connectivity index is 2.26. The van der Waals surface area contributed by atoms with Crippen molar-refractivity contribution < 1.29 is 14.3 Å². The zero-order valence-electron chi connectivity index (χ0n) is 15.6. The van der Waals surface area contributed by atoms with Crippen molar-refractivity contribution in [2.75, 3.05) is 6.61 Å². The number of nitrogens with zero attached hydrogens (tertiary/aromatic N) is 1. The number of carbonyl (C=O) groups is 2. The summed E-state index contributed by atoms with van der Waals surface area (Å²) in [6, 6.07) is 21.1. The van der Waals surface area contributed by atoms with E-state index in [4.69, 9.17) is 4.74 Å². The number of Topliss-reactive ketones (excluding diaryl/α,β-unsaturated/α-hetero) is 1. The third-order valence-corrected chi connectivity index (χ3v) is 5.61. The highest BCUT2D eigenvalue weighted by Gasteiger charge is 2.60. The molecule has 4 atom stereocenters. The number of rotatable bonds is 4. The first-order valence-corrected chi connectivity index (χ1v) is 9.27. The summed E-state index contributed by atoms with van der Waals surface area (Å²) in [6.07, 6.45) is 0.154. The van der Waals surface area contributed by atoms with Crippen molar-refractivity contribution in [3.05, 3.63) is 71.8 Å². The number of carbonyl (C=O) groups excluding carboxylic acids is 2. The highest BCUT2D eigenvalue weighted by molar-refractivity contribution is 5.92. The maximum atomic E-state index is 13.2. The largest absolute Gasteiger partial charge is 0.465 e. The smallest absolute Gasteiger partial charge is 0.327 e. The van der Waals surface area contributed by atoms with E-state index in [1.807, 2.05) is 67.6 Å². The maximum Gasteiger partial charge on any atom is 0.327 e. The molecule has 4 heteroatoms. The summed E-state index contributed by atoms with van der Waals surface area (Å²) in [4.78, 5) is 26.1. The van der Waals surface area contributed by atoms with Gasteiger partial charge in [-0.2, -0.15) is 5.26 Å². The van der Waals surface area contributed by atoms with E-state index in [2.05, 4.69) is 6.07 Å². The fourth-order valence-corrected chi connectivity index (χ4v) is 4.34. The average molecular weight is 361 g/mol. The van der Waals surface area contributed by atoms with Crippen LogP contribution in [0, 0.1) is 22.7 Å². The van der Waals surface area contributed by atoms with Gasteiger partial charge in [-0.25, -0.2) is 0 Å². The van der Waals surface area contributed by atoms with Crippen LogP contribution in [0.25, 0.3) is 0 Å². The first-order chi connectivity index (χ1) is 13.1. The maximum absolute atomic E-state index is 13.2. The van der Waals surface area contributed by atoms with Crippen LogP contribution in [0.5, 0.6) is 0 Å². The van der Waals surface area contributed by atoms with Crippen LogP contribution in [0.15, 0.2) is 60.7 Å². The van der Waals surface area contributed by atoms with Gasteiger partial charge in [0, 0.05) is 24.2 Å². The predicted molar refractivity (Wildman–Crippen MR) is 102 cm³/mol. The van der Waals surface area contributed by atoms with Gasteiger partial charge >= 0.3 is 5.97 Å². The Morgan fingerprint density at radius 3 is 2.19 bits per heavy atom. The molecule has 1 saturated carbocycles. The lowest BCUT2D eigenvalue weighted by Gasteiger charge is -2.45. The van der Waals surface area contributed by atoms with Gasteiger partial charge < -0.3 is 4.74 Å². The van der Waals surface area contributed by atoms with Gasteiger partial charge in [-0.15, -0.1) is 0 Å². The van der Waals surface area contributed by atoms with Crippen molar-refractivity contribution >= 4 is 11.8 Å². The Labute approximate surface area is 159 Å². The van der Waals surface area contributed by atoms with Crippen LogP contribution in [-0.2, 0) is 14.3 Å². The molecule has 0 radical (unpaired) electrons. The Morgan fingerprint density at radius 1 is 1.11 bits per heavy atom. The fraction of sp³-hybridized carbons (Fsp3) is 0.348. The third-order valence-electron chi connectivity index (χ3n) is 5.61. The third kappa shape index (κ3) is 3.14. The summed E-state index contributed by atoms with van der Waals surface area (Å²) >= 11 is 0. The van der Waals surface area contributed by atoms with E-state index in [1.54, 1.807) is 6.92 Å². The molecule has 0 spiro atoms. The minimum atomic E-state index is -1.45. The second-order valence-electron chi connectivity index (χ2n) is 7.01. The number of esters is 1. The fourth-order valence-electron chi connectivity index (χ4n) is 4.34. The molecule has 1 fully saturated rings. The Morgan fingerprint density at radius 2 is 1.67 bits per heavy atom. The lowest BCUT2D eigenvalue weighted by Crippen LogP contribution is -2.51. The number of nitriles is 1. The van der Waals surface area contributed by atoms with Gasteiger partial charge in [0.15, 0.2) is 5.41 Å². The summed E-state index contributed by atoms with van der Waals surface area (Å²) in [5.41, 5.74) is 0.174. The molecule has 0 bridgehead atoms. The highest BCUT2D eigenvalue weighted by Crippen LogP contribution is 2.56. The SMILES string of the molecule is CCOC(=O)C1(C#N)C(c2ccccc2)CC(=O)C(C)C1c1ccccc1. The summed E-state index contributed by atoms with van der Waals surface area (Å²) in [5.74, 6) is -2.04. The average Bonchev–Trinajstić information content (AvgIpc) is 2.71. The molecule has 138 valence electrons. The van der Waals surface area contributed by atoms with Crippen LogP contribution < -0.4 is 0 Å². The normalized spacial score (nSPS) is 27.6. The van der Waals surface area contributed by atoms with E-state index in [-0.39, 0.29) is 18.8 Å². The van der Waals surface area contributed by atoms with Gasteiger partial charge in [0.1, 0.15) is 5.78 Å². The molecule has 2 aromatic rings. The molecule has 0 heterocycles. The molecule has 27 heavy (non-hydrogen) atoms. The van der Waals surface area contributed by atoms with E-state index in [0.717, 1.165) is 11.1 Å². The second-order valence-corrected chi connectivity index (χ2v) is 7.01. The molecule has 1 aliphatic rings. The lowest BCUT2D eigenvalue weighted by atomic mass is 9.53. The van der Waals surface area contributed by atoms with Gasteiger partial charge in [-0.3, -0.25) is 9.59 Å². The van der Waals surface area contributed by atoms with Crippen LogP contribution in [0.2, 0.25) is 0 Å². The van der Waals surface area contributed by atoms with Crippen molar-refractivity contribution in [1.82, 2.24) is 0 Å². The number of ether oxygens (including phenoxy) is 1. The first-order valence-electron chi connectivity index (χ1n) is 9.27. The summed E-state index contributed by atoms with van der Waals surface area (Å²) in [7, 11) is 0. The molecular formula is C23H23NO3. The predicted octanol–water partition coefficient (Wildman–Crippen LogP) is 4.24. The van der Waals surface area contributed by atoms with Gasteiger partial charge in [0.05, 0.1) is 12.7 Å². The topological polar surface area (TPSA) is 67.2 Å². The van der Waals surface area contributed by atoms with Gasteiger partial charge in [-0.1, -0.05) is 67.6 Å². The van der Waals surface area contributed by atoms with Crippen molar-refractivity contribution in [3.8, 4) is 6.07 Å². The minimum absolute atomic E-state index is 0.0629. The van der Waals surface area contributed by atoms with Crippen LogP contribution in [-0.4, -0.2) is 18.4 Å². The van der Waals surface area contributed by atoms with Crippen molar-refractivity contribution in [1.29, 1.82) is 5.26 Å². The lowest BCUT2D eigenvalue weighted by molar-refractivity contribution is -0.158. The molecular weight excluding hydrogens is 338 g/mol. The van der Waals surface area contributed by atoms with Crippen LogP contribution in [0.1, 0.15) is 43.2 Å². The monoisotopic (exact) mass is 361 g/mol. The Hall–Kier alpha value is -2.93. The molecule has 4 unspecified atom stereocenters. The van der Waals surface area contributed by atoms with E-state index < -0.39 is 29.1 Å². The van der Waals surface area contributed by atoms with E-state index in [1.165, 1.54) is 0 Å². The molecule has 2 aromatic carbocycles. The van der Waals surface area contributed by atoms with Gasteiger partial charge in [0.25, 0.3) is 0 Å². The zero-order valence-corrected chi connectivity index (χ0v) is 15.6. The van der Waals surface area contributed by atoms with E-state index in [0.29, 0.717) is 0 Å². The molecule has 0 saturated heterocycles. The highest BCUT2D eigenvalue weighted by atomic mass is 16.5. The zero-order chi connectivity index (χ0) is 19.4. The number of ketones is 1. The first kappa shape index (κ1) is 18.8. The number of hydrogen-bond acceptors (Lipinski definition) is 4. The molecule has 4 nitrogen and oxygen atoms in total. The van der Waals surface area contributed by atoms with Gasteiger partial charge in [0.2, 0.25) is 0 Å². The minimum Gasteiger partial charge on any atom is -0.465 e.